The molecular formula is C12H17Br2NO. The van der Waals surface area contributed by atoms with Gasteiger partial charge in [0.15, 0.2) is 0 Å². The molecule has 0 aliphatic carbocycles. The lowest BCUT2D eigenvalue weighted by atomic mass is 10.2. The highest BCUT2D eigenvalue weighted by atomic mass is 79.9. The van der Waals surface area contributed by atoms with E-state index in [9.17, 15) is 0 Å². The Hall–Kier alpha value is -0.0600. The molecule has 90 valence electrons. The molecule has 2 nitrogen and oxygen atoms in total. The van der Waals surface area contributed by atoms with Gasteiger partial charge in [0, 0.05) is 6.54 Å². The van der Waals surface area contributed by atoms with Gasteiger partial charge in [-0.2, -0.15) is 0 Å². The second-order valence-electron chi connectivity index (χ2n) is 3.50. The van der Waals surface area contributed by atoms with Gasteiger partial charge in [-0.25, -0.2) is 0 Å². The van der Waals surface area contributed by atoms with Gasteiger partial charge in [0.05, 0.1) is 15.6 Å². The Morgan fingerprint density at radius 1 is 1.19 bits per heavy atom. The lowest BCUT2D eigenvalue weighted by molar-refractivity contribution is 0.336. The summed E-state index contributed by atoms with van der Waals surface area (Å²) in [7, 11) is 0. The van der Waals surface area contributed by atoms with Crippen LogP contribution in [0.5, 0.6) is 5.75 Å². The van der Waals surface area contributed by atoms with Crippen molar-refractivity contribution >= 4 is 31.9 Å². The molecule has 0 aliphatic heterocycles. The highest BCUT2D eigenvalue weighted by Crippen LogP contribution is 2.34. The first-order valence-electron chi connectivity index (χ1n) is 5.50. The van der Waals surface area contributed by atoms with E-state index in [-0.39, 0.29) is 0 Å². The maximum atomic E-state index is 5.53. The zero-order chi connectivity index (χ0) is 12.0. The highest BCUT2D eigenvalue weighted by molar-refractivity contribution is 9.11. The molecule has 0 saturated carbocycles. The molecule has 0 fully saturated rings. The van der Waals surface area contributed by atoms with Gasteiger partial charge in [-0.1, -0.05) is 6.92 Å². The lowest BCUT2D eigenvalue weighted by Gasteiger charge is -2.11. The van der Waals surface area contributed by atoms with Crippen molar-refractivity contribution in [2.45, 2.75) is 26.8 Å². The zero-order valence-electron chi connectivity index (χ0n) is 9.65. The number of ether oxygens (including phenoxy) is 1. The van der Waals surface area contributed by atoms with Gasteiger partial charge in [0.1, 0.15) is 5.75 Å². The van der Waals surface area contributed by atoms with E-state index in [0.717, 1.165) is 34.2 Å². The minimum atomic E-state index is 0.671. The summed E-state index contributed by atoms with van der Waals surface area (Å²) in [6.07, 6.45) is 1.15. The van der Waals surface area contributed by atoms with E-state index in [1.165, 1.54) is 5.56 Å². The van der Waals surface area contributed by atoms with Crippen LogP contribution < -0.4 is 10.1 Å². The van der Waals surface area contributed by atoms with Crippen molar-refractivity contribution in [3.63, 3.8) is 0 Å². The van der Waals surface area contributed by atoms with E-state index in [4.69, 9.17) is 4.74 Å². The highest BCUT2D eigenvalue weighted by Gasteiger charge is 2.08. The predicted octanol–water partition coefficient (Wildman–Crippen LogP) is 4.11. The van der Waals surface area contributed by atoms with Gasteiger partial charge in [-0.05, 0) is 69.4 Å². The first-order chi connectivity index (χ1) is 7.69. The Bertz CT molecular complexity index is 319. The number of hydrogen-bond acceptors (Lipinski definition) is 2. The van der Waals surface area contributed by atoms with Gasteiger partial charge in [0.25, 0.3) is 0 Å². The third kappa shape index (κ3) is 4.07. The Morgan fingerprint density at radius 2 is 1.81 bits per heavy atom. The van der Waals surface area contributed by atoms with Gasteiger partial charge in [-0.15, -0.1) is 0 Å². The molecule has 0 aromatic heterocycles. The van der Waals surface area contributed by atoms with Crippen LogP contribution in [0.2, 0.25) is 0 Å². The van der Waals surface area contributed by atoms with Crippen LogP contribution in [0.3, 0.4) is 0 Å². The Morgan fingerprint density at radius 3 is 2.31 bits per heavy atom. The van der Waals surface area contributed by atoms with Crippen LogP contribution in [0.25, 0.3) is 0 Å². The van der Waals surface area contributed by atoms with E-state index >= 15 is 0 Å². The quantitative estimate of drug-likeness (QED) is 0.779. The summed E-state index contributed by atoms with van der Waals surface area (Å²) in [6, 6.07) is 4.19. The molecule has 0 heterocycles. The first kappa shape index (κ1) is 14.0. The second-order valence-corrected chi connectivity index (χ2v) is 5.21. The van der Waals surface area contributed by atoms with Crippen LogP contribution in [0.15, 0.2) is 21.1 Å². The van der Waals surface area contributed by atoms with Gasteiger partial charge < -0.3 is 10.1 Å². The Balaban J connectivity index is 2.75. The molecule has 4 heteroatoms. The molecule has 0 unspecified atom stereocenters. The molecule has 1 aromatic rings. The average molecular weight is 351 g/mol. The minimum absolute atomic E-state index is 0.671. The largest absolute Gasteiger partial charge is 0.492 e. The van der Waals surface area contributed by atoms with Crippen LogP contribution in [-0.4, -0.2) is 13.2 Å². The Kier molecular flexibility index (Phi) is 6.39. The summed E-state index contributed by atoms with van der Waals surface area (Å²) in [5, 5.41) is 3.37. The summed E-state index contributed by atoms with van der Waals surface area (Å²) >= 11 is 7.05. The predicted molar refractivity (Wildman–Crippen MR) is 75.0 cm³/mol. The summed E-state index contributed by atoms with van der Waals surface area (Å²) < 4.78 is 7.53. The molecule has 0 spiro atoms. The molecule has 0 amide bonds. The monoisotopic (exact) mass is 349 g/mol. The molecule has 1 aromatic carbocycles. The third-order valence-electron chi connectivity index (χ3n) is 2.10. The molecule has 1 rings (SSSR count). The SMILES string of the molecule is CCCNCc1cc(Br)c(OCC)c(Br)c1. The van der Waals surface area contributed by atoms with Crippen LogP contribution in [0, 0.1) is 0 Å². The minimum Gasteiger partial charge on any atom is -0.492 e. The van der Waals surface area contributed by atoms with Crippen LogP contribution >= 0.6 is 31.9 Å². The summed E-state index contributed by atoms with van der Waals surface area (Å²) in [4.78, 5) is 0. The van der Waals surface area contributed by atoms with Crippen molar-refractivity contribution in [2.75, 3.05) is 13.2 Å². The fourth-order valence-electron chi connectivity index (χ4n) is 1.41. The second kappa shape index (κ2) is 7.30. The lowest BCUT2D eigenvalue weighted by Crippen LogP contribution is -2.13. The average Bonchev–Trinajstić information content (AvgIpc) is 2.24. The fraction of sp³-hybridized carbons (Fsp3) is 0.500. The molecule has 0 aliphatic rings. The smallest absolute Gasteiger partial charge is 0.147 e. The van der Waals surface area contributed by atoms with E-state index in [0.29, 0.717) is 6.61 Å². The maximum absolute atomic E-state index is 5.53. The van der Waals surface area contributed by atoms with Crippen molar-refractivity contribution < 1.29 is 4.74 Å². The normalized spacial score (nSPS) is 10.5. The fourth-order valence-corrected chi connectivity index (χ4v) is 2.92. The van der Waals surface area contributed by atoms with Crippen molar-refractivity contribution in [1.29, 1.82) is 0 Å². The first-order valence-corrected chi connectivity index (χ1v) is 7.09. The van der Waals surface area contributed by atoms with Crippen molar-refractivity contribution in [1.82, 2.24) is 5.32 Å². The third-order valence-corrected chi connectivity index (χ3v) is 3.28. The zero-order valence-corrected chi connectivity index (χ0v) is 12.8. The molecule has 0 bridgehead atoms. The summed E-state index contributed by atoms with van der Waals surface area (Å²) in [5.74, 6) is 0.877. The molecule has 0 radical (unpaired) electrons. The topological polar surface area (TPSA) is 21.3 Å². The van der Waals surface area contributed by atoms with Gasteiger partial charge >= 0.3 is 0 Å². The molecule has 0 atom stereocenters. The number of hydrogen-bond donors (Lipinski definition) is 1. The van der Waals surface area contributed by atoms with E-state index < -0.39 is 0 Å². The molecule has 16 heavy (non-hydrogen) atoms. The van der Waals surface area contributed by atoms with Crippen LogP contribution in [0.4, 0.5) is 0 Å². The van der Waals surface area contributed by atoms with Crippen molar-refractivity contribution in [3.8, 4) is 5.75 Å². The molecule has 0 saturated heterocycles. The van der Waals surface area contributed by atoms with Crippen LogP contribution in [0.1, 0.15) is 25.8 Å². The summed E-state index contributed by atoms with van der Waals surface area (Å²) in [5.41, 5.74) is 1.25. The number of halogens is 2. The Labute approximate surface area is 114 Å². The number of rotatable bonds is 6. The van der Waals surface area contributed by atoms with Gasteiger partial charge in [0.2, 0.25) is 0 Å². The number of nitrogens with one attached hydrogen (secondary N) is 1. The summed E-state index contributed by atoms with van der Waals surface area (Å²) in [6.45, 7) is 6.75. The number of benzene rings is 1. The standard InChI is InChI=1S/C12H17Br2NO/c1-3-5-15-8-9-6-10(13)12(16-4-2)11(14)7-9/h6-7,15H,3-5,8H2,1-2H3. The van der Waals surface area contributed by atoms with Gasteiger partial charge in [-0.3, -0.25) is 0 Å². The van der Waals surface area contributed by atoms with Crippen molar-refractivity contribution in [2.24, 2.45) is 0 Å². The van der Waals surface area contributed by atoms with E-state index in [2.05, 4.69) is 56.2 Å². The van der Waals surface area contributed by atoms with E-state index in [1.807, 2.05) is 6.92 Å². The molecular weight excluding hydrogens is 334 g/mol. The maximum Gasteiger partial charge on any atom is 0.147 e. The van der Waals surface area contributed by atoms with Crippen LogP contribution in [-0.2, 0) is 6.54 Å². The van der Waals surface area contributed by atoms with Crippen molar-refractivity contribution in [3.05, 3.63) is 26.6 Å². The molecule has 1 N–H and O–H groups in total. The van der Waals surface area contributed by atoms with E-state index in [1.54, 1.807) is 0 Å².